The first-order chi connectivity index (χ1) is 6.91. The molecular weight excluding hydrogens is 219 g/mol. The summed E-state index contributed by atoms with van der Waals surface area (Å²) in [5, 5.41) is 8.73. The molecule has 1 aromatic carbocycles. The predicted molar refractivity (Wildman–Crippen MR) is 42.0 cm³/mol. The molecule has 1 rings (SSSR count). The van der Waals surface area contributed by atoms with Gasteiger partial charge >= 0.3 is 0 Å². The molecule has 0 radical (unpaired) electrons. The van der Waals surface area contributed by atoms with E-state index in [1.54, 1.807) is 0 Å². The Morgan fingerprint density at radius 1 is 1.00 bits per heavy atom. The predicted octanol–water partition coefficient (Wildman–Crippen LogP) is 2.27. The van der Waals surface area contributed by atoms with E-state index in [9.17, 15) is 22.0 Å². The van der Waals surface area contributed by atoms with Crippen LogP contribution < -0.4 is 0 Å². The highest BCUT2D eigenvalue weighted by Gasteiger charge is 2.20. The normalized spacial score (nSPS) is 13.3. The van der Waals surface area contributed by atoms with Gasteiger partial charge in [-0.15, -0.1) is 0 Å². The second-order valence-electron chi connectivity index (χ2n) is 2.96. The van der Waals surface area contributed by atoms with E-state index in [0.29, 0.717) is 6.07 Å². The minimum absolute atomic E-state index is 0.253. The number of alkyl halides is 2. The van der Waals surface area contributed by atoms with Crippen LogP contribution in [0.3, 0.4) is 0 Å². The van der Waals surface area contributed by atoms with Crippen LogP contribution in [-0.4, -0.2) is 17.6 Å². The Labute approximate surface area is 82.1 Å². The summed E-state index contributed by atoms with van der Waals surface area (Å²) < 4.78 is 61.7. The number of hydrogen-bond donors (Lipinski definition) is 1. The molecule has 0 amide bonds. The van der Waals surface area contributed by atoms with Crippen LogP contribution in [0.1, 0.15) is 5.56 Å². The zero-order valence-corrected chi connectivity index (χ0v) is 7.35. The zero-order chi connectivity index (χ0) is 11.6. The lowest BCUT2D eigenvalue weighted by atomic mass is 10.1. The van der Waals surface area contributed by atoms with Gasteiger partial charge in [0.15, 0.2) is 11.6 Å². The van der Waals surface area contributed by atoms with Crippen LogP contribution >= 0.6 is 0 Å². The third-order valence-electron chi connectivity index (χ3n) is 1.81. The molecule has 1 nitrogen and oxygen atoms in total. The molecule has 0 aliphatic carbocycles. The highest BCUT2D eigenvalue weighted by atomic mass is 19.3. The maximum atomic E-state index is 12.9. The molecule has 0 saturated carbocycles. The summed E-state index contributed by atoms with van der Waals surface area (Å²) in [7, 11) is 0. The number of halogens is 5. The summed E-state index contributed by atoms with van der Waals surface area (Å²) in [6, 6.07) is 0.707. The van der Waals surface area contributed by atoms with Crippen molar-refractivity contribution in [1.29, 1.82) is 0 Å². The van der Waals surface area contributed by atoms with Gasteiger partial charge in [-0.1, -0.05) is 0 Å². The van der Waals surface area contributed by atoms with Crippen molar-refractivity contribution in [2.45, 2.75) is 19.0 Å². The zero-order valence-electron chi connectivity index (χ0n) is 7.35. The van der Waals surface area contributed by atoms with Gasteiger partial charge in [0.1, 0.15) is 11.9 Å². The molecule has 0 bridgehead atoms. The summed E-state index contributed by atoms with van der Waals surface area (Å²) in [6.07, 6.45) is -5.91. The average molecular weight is 226 g/mol. The SMILES string of the molecule is OC(Cc1cc(F)c(F)cc1F)C(F)F. The number of rotatable bonds is 3. The number of benzene rings is 1. The standard InChI is InChI=1S/C9H7F5O/c10-5-3-7(12)6(11)1-4(5)2-8(15)9(13)14/h1,3,8-9,15H,2H2. The van der Waals surface area contributed by atoms with Crippen LogP contribution in [0.5, 0.6) is 0 Å². The van der Waals surface area contributed by atoms with Crippen molar-refractivity contribution in [3.8, 4) is 0 Å². The van der Waals surface area contributed by atoms with Crippen molar-refractivity contribution in [3.63, 3.8) is 0 Å². The van der Waals surface area contributed by atoms with Crippen molar-refractivity contribution in [1.82, 2.24) is 0 Å². The lowest BCUT2D eigenvalue weighted by Crippen LogP contribution is -2.21. The minimum atomic E-state index is -3.06. The van der Waals surface area contributed by atoms with E-state index in [1.165, 1.54) is 0 Å². The maximum Gasteiger partial charge on any atom is 0.264 e. The van der Waals surface area contributed by atoms with Crippen LogP contribution in [-0.2, 0) is 6.42 Å². The molecule has 6 heteroatoms. The van der Waals surface area contributed by atoms with E-state index in [-0.39, 0.29) is 6.07 Å². The fraction of sp³-hybridized carbons (Fsp3) is 0.333. The topological polar surface area (TPSA) is 20.2 Å². The third-order valence-corrected chi connectivity index (χ3v) is 1.81. The van der Waals surface area contributed by atoms with E-state index in [1.807, 2.05) is 0 Å². The molecule has 15 heavy (non-hydrogen) atoms. The van der Waals surface area contributed by atoms with Crippen molar-refractivity contribution in [2.75, 3.05) is 0 Å². The minimum Gasteiger partial charge on any atom is -0.387 e. The molecule has 0 spiro atoms. The Balaban J connectivity index is 2.91. The van der Waals surface area contributed by atoms with Crippen LogP contribution in [0.15, 0.2) is 12.1 Å². The van der Waals surface area contributed by atoms with Crippen LogP contribution in [0.4, 0.5) is 22.0 Å². The summed E-state index contributed by atoms with van der Waals surface area (Å²) >= 11 is 0. The Kier molecular flexibility index (Phi) is 3.62. The molecule has 1 atom stereocenters. The van der Waals surface area contributed by atoms with Crippen LogP contribution in [0.25, 0.3) is 0 Å². The molecule has 0 aliphatic rings. The van der Waals surface area contributed by atoms with E-state index < -0.39 is 42.0 Å². The molecule has 0 aromatic heterocycles. The van der Waals surface area contributed by atoms with E-state index in [2.05, 4.69) is 0 Å². The largest absolute Gasteiger partial charge is 0.387 e. The van der Waals surface area contributed by atoms with Gasteiger partial charge in [-0.05, 0) is 11.6 Å². The molecule has 1 aromatic rings. The first-order valence-electron chi connectivity index (χ1n) is 4.01. The first kappa shape index (κ1) is 11.9. The number of aliphatic hydroxyl groups excluding tert-OH is 1. The second kappa shape index (κ2) is 4.57. The smallest absolute Gasteiger partial charge is 0.264 e. The Bertz CT molecular complexity index is 353. The Hall–Kier alpha value is -1.17. The van der Waals surface area contributed by atoms with E-state index in [4.69, 9.17) is 5.11 Å². The molecule has 84 valence electrons. The summed E-state index contributed by atoms with van der Waals surface area (Å²) in [4.78, 5) is 0. The molecule has 0 saturated heterocycles. The van der Waals surface area contributed by atoms with Gasteiger partial charge in [0.2, 0.25) is 0 Å². The van der Waals surface area contributed by atoms with Gasteiger partial charge in [-0.2, -0.15) is 0 Å². The van der Waals surface area contributed by atoms with Gasteiger partial charge < -0.3 is 5.11 Å². The maximum absolute atomic E-state index is 12.9. The van der Waals surface area contributed by atoms with Gasteiger partial charge in [0, 0.05) is 12.5 Å². The number of hydrogen-bond acceptors (Lipinski definition) is 1. The lowest BCUT2D eigenvalue weighted by molar-refractivity contribution is -0.00410. The van der Waals surface area contributed by atoms with Crippen molar-refractivity contribution in [3.05, 3.63) is 35.1 Å². The Morgan fingerprint density at radius 2 is 1.53 bits per heavy atom. The average Bonchev–Trinajstić information content (AvgIpc) is 2.13. The highest BCUT2D eigenvalue weighted by molar-refractivity contribution is 5.20. The fourth-order valence-corrected chi connectivity index (χ4v) is 1.03. The third kappa shape index (κ3) is 2.89. The van der Waals surface area contributed by atoms with Gasteiger partial charge in [0.05, 0.1) is 0 Å². The summed E-state index contributed by atoms with van der Waals surface area (Å²) in [5.41, 5.74) is -0.485. The van der Waals surface area contributed by atoms with Crippen molar-refractivity contribution < 1.29 is 27.1 Å². The second-order valence-corrected chi connectivity index (χ2v) is 2.96. The van der Waals surface area contributed by atoms with Gasteiger partial charge in [-0.25, -0.2) is 22.0 Å². The van der Waals surface area contributed by atoms with Gasteiger partial charge in [-0.3, -0.25) is 0 Å². The molecule has 0 aliphatic heterocycles. The Morgan fingerprint density at radius 3 is 2.07 bits per heavy atom. The van der Waals surface area contributed by atoms with E-state index in [0.717, 1.165) is 0 Å². The first-order valence-corrected chi connectivity index (χ1v) is 4.01. The quantitative estimate of drug-likeness (QED) is 0.619. The molecule has 0 heterocycles. The molecule has 1 N–H and O–H groups in total. The summed E-state index contributed by atoms with van der Waals surface area (Å²) in [6.45, 7) is 0. The highest BCUT2D eigenvalue weighted by Crippen LogP contribution is 2.17. The van der Waals surface area contributed by atoms with E-state index >= 15 is 0 Å². The molecule has 0 fully saturated rings. The van der Waals surface area contributed by atoms with Crippen LogP contribution in [0.2, 0.25) is 0 Å². The fourth-order valence-electron chi connectivity index (χ4n) is 1.03. The van der Waals surface area contributed by atoms with Crippen molar-refractivity contribution in [2.24, 2.45) is 0 Å². The van der Waals surface area contributed by atoms with Crippen LogP contribution in [0, 0.1) is 17.5 Å². The molecular formula is C9H7F5O. The monoisotopic (exact) mass is 226 g/mol. The van der Waals surface area contributed by atoms with Gasteiger partial charge in [0.25, 0.3) is 6.43 Å². The van der Waals surface area contributed by atoms with Crippen molar-refractivity contribution >= 4 is 0 Å². The summed E-state index contributed by atoms with van der Waals surface area (Å²) in [5.74, 6) is -3.90. The number of aliphatic hydroxyl groups is 1. The molecule has 1 unspecified atom stereocenters. The lowest BCUT2D eigenvalue weighted by Gasteiger charge is -2.10.